The fourth-order valence-corrected chi connectivity index (χ4v) is 9.17. The van der Waals surface area contributed by atoms with Crippen molar-refractivity contribution < 1.29 is 14.0 Å². The van der Waals surface area contributed by atoms with Crippen LogP contribution in [-0.4, -0.2) is 39.9 Å². The molecule has 0 aliphatic heterocycles. The summed E-state index contributed by atoms with van der Waals surface area (Å²) >= 11 is 5.40. The Kier molecular flexibility index (Phi) is 8.86. The highest BCUT2D eigenvalue weighted by molar-refractivity contribution is 9.11. The monoisotopic (exact) mass is 618 g/mol. The molecule has 4 heterocycles. The van der Waals surface area contributed by atoms with Crippen molar-refractivity contribution in [3.05, 3.63) is 39.1 Å². The molecule has 0 amide bonds. The second-order valence-corrected chi connectivity index (χ2v) is 16.3. The van der Waals surface area contributed by atoms with Crippen LogP contribution >= 0.6 is 27.3 Å². The maximum Gasteiger partial charge on any atom is 0.420 e. The highest BCUT2D eigenvalue weighted by atomic mass is 79.9. The lowest BCUT2D eigenvalue weighted by Gasteiger charge is -2.21. The Bertz CT molecular complexity index is 1440. The van der Waals surface area contributed by atoms with Crippen molar-refractivity contribution in [2.75, 3.05) is 0 Å². The zero-order chi connectivity index (χ0) is 27.8. The van der Waals surface area contributed by atoms with E-state index in [4.69, 9.17) is 9.16 Å². The molecule has 0 radical (unpaired) electrons. The van der Waals surface area contributed by atoms with E-state index in [1.807, 2.05) is 33.9 Å². The molecular weight excluding hydrogens is 580 g/mol. The van der Waals surface area contributed by atoms with Crippen molar-refractivity contribution in [3.8, 4) is 11.3 Å². The third-order valence-electron chi connectivity index (χ3n) is 6.56. The molecular formula is C28H39BrN4O3SSi. The van der Waals surface area contributed by atoms with Crippen LogP contribution in [0.4, 0.5) is 4.79 Å². The van der Waals surface area contributed by atoms with Crippen LogP contribution in [0.1, 0.15) is 83.9 Å². The number of aryl methyl sites for hydroxylation is 1. The van der Waals surface area contributed by atoms with E-state index in [0.717, 1.165) is 60.4 Å². The first-order valence-corrected chi connectivity index (χ1v) is 17.2. The van der Waals surface area contributed by atoms with Crippen LogP contribution in [0.15, 0.2) is 22.4 Å². The standard InChI is InChI=1S/C28H39BrN4O3SSi/c1-9-11-38(12-10-2)35-15-20-22-21(17(3)4)23(19-13-18(5)25-30-16-31-32(25)14-19)33(26(22)37-24(20)29)27(34)36-28(6,7)8/h13-14,16-17,38H,9-12,15H2,1-8H3. The van der Waals surface area contributed by atoms with Gasteiger partial charge in [-0.25, -0.2) is 18.9 Å². The highest BCUT2D eigenvalue weighted by Crippen LogP contribution is 2.47. The van der Waals surface area contributed by atoms with Gasteiger partial charge < -0.3 is 9.16 Å². The number of rotatable bonds is 9. The Morgan fingerprint density at radius 2 is 1.89 bits per heavy atom. The van der Waals surface area contributed by atoms with E-state index in [1.54, 1.807) is 26.7 Å². The number of ether oxygens (including phenoxy) is 1. The molecule has 0 aromatic carbocycles. The summed E-state index contributed by atoms with van der Waals surface area (Å²) < 4.78 is 17.1. The summed E-state index contributed by atoms with van der Waals surface area (Å²) in [5.41, 5.74) is 5.17. The van der Waals surface area contributed by atoms with Crippen LogP contribution in [0.25, 0.3) is 27.1 Å². The Hall–Kier alpha value is -2.01. The van der Waals surface area contributed by atoms with Gasteiger partial charge >= 0.3 is 6.09 Å². The number of carbonyl (C=O) groups is 1. The largest absolute Gasteiger partial charge is 0.443 e. The van der Waals surface area contributed by atoms with Gasteiger partial charge in [0.15, 0.2) is 14.7 Å². The lowest BCUT2D eigenvalue weighted by molar-refractivity contribution is 0.0547. The van der Waals surface area contributed by atoms with Crippen molar-refractivity contribution >= 4 is 58.3 Å². The maximum absolute atomic E-state index is 13.8. The summed E-state index contributed by atoms with van der Waals surface area (Å²) in [5, 5.41) is 5.48. The molecule has 0 saturated carbocycles. The van der Waals surface area contributed by atoms with Crippen LogP contribution in [0, 0.1) is 6.92 Å². The van der Waals surface area contributed by atoms with Crippen molar-refractivity contribution in [1.29, 1.82) is 0 Å². The summed E-state index contributed by atoms with van der Waals surface area (Å²) in [4.78, 5) is 19.1. The minimum atomic E-state index is -1.29. The Balaban J connectivity index is 1.98. The third-order valence-corrected chi connectivity index (χ3v) is 11.6. The van der Waals surface area contributed by atoms with Gasteiger partial charge in [0.2, 0.25) is 0 Å². The molecule has 0 aliphatic carbocycles. The van der Waals surface area contributed by atoms with Gasteiger partial charge in [0, 0.05) is 22.7 Å². The zero-order valence-corrected chi connectivity index (χ0v) is 27.3. The number of pyridine rings is 1. The highest BCUT2D eigenvalue weighted by Gasteiger charge is 2.32. The van der Waals surface area contributed by atoms with Gasteiger partial charge in [-0.1, -0.05) is 40.5 Å². The number of fused-ring (bicyclic) bond motifs is 2. The molecule has 206 valence electrons. The summed E-state index contributed by atoms with van der Waals surface area (Å²) in [6.07, 6.45) is 5.43. The Morgan fingerprint density at radius 1 is 1.21 bits per heavy atom. The predicted octanol–water partition coefficient (Wildman–Crippen LogP) is 8.45. The van der Waals surface area contributed by atoms with Crippen molar-refractivity contribution in [2.24, 2.45) is 0 Å². The summed E-state index contributed by atoms with van der Waals surface area (Å²) in [7, 11) is -1.29. The normalized spacial score (nSPS) is 12.5. The molecule has 0 aliphatic rings. The van der Waals surface area contributed by atoms with Crippen LogP contribution in [0.2, 0.25) is 12.1 Å². The number of aromatic nitrogens is 4. The molecule has 4 aromatic rings. The second-order valence-electron chi connectivity index (χ2n) is 11.2. The average Bonchev–Trinajstić information content (AvgIpc) is 3.49. The molecule has 0 saturated heterocycles. The second kappa shape index (κ2) is 11.6. The fourth-order valence-electron chi connectivity index (χ4n) is 5.04. The number of nitrogens with zero attached hydrogens (tertiary/aromatic N) is 4. The number of thiophene rings is 1. The van der Waals surface area contributed by atoms with Crippen molar-refractivity contribution in [3.63, 3.8) is 0 Å². The van der Waals surface area contributed by atoms with Gasteiger partial charge in [-0.3, -0.25) is 0 Å². The summed E-state index contributed by atoms with van der Waals surface area (Å²) in [6.45, 7) is 17.1. The fraction of sp³-hybridized carbons (Fsp3) is 0.536. The quantitative estimate of drug-likeness (QED) is 0.176. The number of hydrogen-bond donors (Lipinski definition) is 0. The first kappa shape index (κ1) is 29.0. The molecule has 0 bridgehead atoms. The Morgan fingerprint density at radius 3 is 2.50 bits per heavy atom. The van der Waals surface area contributed by atoms with E-state index in [-0.39, 0.29) is 12.0 Å². The number of halogens is 1. The van der Waals surface area contributed by atoms with Crippen LogP contribution in [-0.2, 0) is 15.8 Å². The van der Waals surface area contributed by atoms with Gasteiger partial charge in [0.05, 0.1) is 16.1 Å². The minimum Gasteiger partial charge on any atom is -0.443 e. The molecule has 4 aromatic heterocycles. The summed E-state index contributed by atoms with van der Waals surface area (Å²) in [6, 6.07) is 4.45. The summed E-state index contributed by atoms with van der Waals surface area (Å²) in [5.74, 6) is 0.155. The minimum absolute atomic E-state index is 0.155. The third kappa shape index (κ3) is 5.78. The van der Waals surface area contributed by atoms with E-state index in [0.29, 0.717) is 6.61 Å². The van der Waals surface area contributed by atoms with Gasteiger partial charge in [-0.2, -0.15) is 5.10 Å². The lowest BCUT2D eigenvalue weighted by Crippen LogP contribution is -2.27. The number of carbonyl (C=O) groups excluding carboxylic acids is 1. The average molecular weight is 620 g/mol. The molecule has 10 heteroatoms. The lowest BCUT2D eigenvalue weighted by atomic mass is 9.95. The molecule has 0 atom stereocenters. The van der Waals surface area contributed by atoms with Gasteiger partial charge in [-0.05, 0) is 78.8 Å². The molecule has 0 N–H and O–H groups in total. The first-order chi connectivity index (χ1) is 18.0. The molecule has 0 unspecified atom stereocenters. The molecule has 38 heavy (non-hydrogen) atoms. The SMILES string of the molecule is CCC[SiH](CCC)OCc1c(Br)sc2c1c(C(C)C)c(-c1cc(C)c3ncnn3c1)n2C(=O)OC(C)(C)C. The predicted molar refractivity (Wildman–Crippen MR) is 162 cm³/mol. The molecule has 0 spiro atoms. The van der Waals surface area contributed by atoms with Crippen LogP contribution < -0.4 is 0 Å². The smallest absolute Gasteiger partial charge is 0.420 e. The van der Waals surface area contributed by atoms with Crippen molar-refractivity contribution in [2.45, 2.75) is 98.4 Å². The van der Waals surface area contributed by atoms with Gasteiger partial charge in [0.1, 0.15) is 16.8 Å². The molecule has 0 fully saturated rings. The van der Waals surface area contributed by atoms with E-state index < -0.39 is 14.6 Å². The van der Waals surface area contributed by atoms with Crippen molar-refractivity contribution in [1.82, 2.24) is 19.2 Å². The zero-order valence-electron chi connectivity index (χ0n) is 23.7. The van der Waals surface area contributed by atoms with Crippen LogP contribution in [0.5, 0.6) is 0 Å². The number of hydrogen-bond acceptors (Lipinski definition) is 6. The van der Waals surface area contributed by atoms with E-state index in [1.165, 1.54) is 12.1 Å². The molecule has 7 nitrogen and oxygen atoms in total. The van der Waals surface area contributed by atoms with E-state index in [2.05, 4.69) is 59.8 Å². The first-order valence-electron chi connectivity index (χ1n) is 13.5. The topological polar surface area (TPSA) is 70.7 Å². The van der Waals surface area contributed by atoms with Gasteiger partial charge in [-0.15, -0.1) is 11.3 Å². The van der Waals surface area contributed by atoms with E-state index >= 15 is 0 Å². The molecule has 4 rings (SSSR count). The Labute approximate surface area is 239 Å². The van der Waals surface area contributed by atoms with Gasteiger partial charge in [0.25, 0.3) is 0 Å². The van der Waals surface area contributed by atoms with Crippen LogP contribution in [0.3, 0.4) is 0 Å². The van der Waals surface area contributed by atoms with E-state index in [9.17, 15) is 4.79 Å². The maximum atomic E-state index is 13.8.